The molecule has 0 amide bonds. The maximum absolute atomic E-state index is 5.22. The molecule has 0 saturated carbocycles. The number of fused-ring (bicyclic) bond motifs is 3. The Kier molecular flexibility index (Phi) is 6.76. The highest BCUT2D eigenvalue weighted by molar-refractivity contribution is 7.26. The Morgan fingerprint density at radius 1 is 0.340 bits per heavy atom. The summed E-state index contributed by atoms with van der Waals surface area (Å²) in [6.07, 6.45) is 0. The molecule has 53 heavy (non-hydrogen) atoms. The van der Waals surface area contributed by atoms with Crippen LogP contribution in [0.5, 0.6) is 0 Å². The molecule has 9 aromatic carbocycles. The second kappa shape index (κ2) is 11.9. The molecule has 0 aliphatic rings. The van der Waals surface area contributed by atoms with Crippen LogP contribution >= 0.6 is 11.3 Å². The molecule has 2 nitrogen and oxygen atoms in total. The van der Waals surface area contributed by atoms with Crippen LogP contribution in [0.2, 0.25) is 0 Å². The van der Waals surface area contributed by atoms with E-state index in [1.165, 1.54) is 74.7 Å². The van der Waals surface area contributed by atoms with Gasteiger partial charge in [0.15, 0.2) is 5.82 Å². The van der Waals surface area contributed by atoms with Crippen LogP contribution in [0.1, 0.15) is 0 Å². The first-order chi connectivity index (χ1) is 26.3. The van der Waals surface area contributed by atoms with Gasteiger partial charge in [-0.3, -0.25) is 0 Å². The van der Waals surface area contributed by atoms with Crippen molar-refractivity contribution in [2.45, 2.75) is 0 Å². The molecule has 0 saturated heterocycles. The summed E-state index contributed by atoms with van der Waals surface area (Å²) >= 11 is 1.82. The van der Waals surface area contributed by atoms with Crippen molar-refractivity contribution in [3.05, 3.63) is 182 Å². The summed E-state index contributed by atoms with van der Waals surface area (Å²) in [5.74, 6) is 0.734. The molecule has 246 valence electrons. The zero-order valence-electron chi connectivity index (χ0n) is 28.6. The van der Waals surface area contributed by atoms with Crippen LogP contribution in [0.4, 0.5) is 0 Å². The number of thiophene rings is 1. The number of hydrogen-bond acceptors (Lipinski definition) is 3. The molecule has 0 bridgehead atoms. The molecule has 0 aliphatic heterocycles. The SMILES string of the molecule is c1ccc(-c2cc(-c3ccccc3)nc(-c3ccc(-c4ccc(-c5ccc6ccc7cccc8ccc5c6c78)cc4)c4c3sc3ccccc34)n2)cc1. The van der Waals surface area contributed by atoms with Gasteiger partial charge in [-0.2, -0.15) is 0 Å². The van der Waals surface area contributed by atoms with Crippen molar-refractivity contribution in [3.8, 4) is 56.2 Å². The lowest BCUT2D eigenvalue weighted by Gasteiger charge is -2.15. The molecule has 0 unspecified atom stereocenters. The normalized spacial score (nSPS) is 11.8. The van der Waals surface area contributed by atoms with E-state index in [1.807, 2.05) is 23.5 Å². The zero-order chi connectivity index (χ0) is 34.9. The van der Waals surface area contributed by atoms with Gasteiger partial charge in [-0.25, -0.2) is 9.97 Å². The summed E-state index contributed by atoms with van der Waals surface area (Å²) < 4.78 is 2.45. The fourth-order valence-electron chi connectivity index (χ4n) is 8.14. The Morgan fingerprint density at radius 2 is 0.887 bits per heavy atom. The van der Waals surface area contributed by atoms with Crippen molar-refractivity contribution in [1.82, 2.24) is 9.97 Å². The minimum absolute atomic E-state index is 0.734. The fourth-order valence-corrected chi connectivity index (χ4v) is 9.38. The van der Waals surface area contributed by atoms with Gasteiger partial charge in [-0.05, 0) is 72.8 Å². The summed E-state index contributed by atoms with van der Waals surface area (Å²) in [6, 6.07) is 65.5. The quantitative estimate of drug-likeness (QED) is 0.168. The van der Waals surface area contributed by atoms with Gasteiger partial charge >= 0.3 is 0 Å². The lowest BCUT2D eigenvalue weighted by atomic mass is 9.89. The van der Waals surface area contributed by atoms with Crippen molar-refractivity contribution in [2.24, 2.45) is 0 Å². The average Bonchev–Trinajstić information content (AvgIpc) is 3.63. The number of aromatic nitrogens is 2. The molecule has 0 atom stereocenters. The average molecular weight is 691 g/mol. The first-order valence-corrected chi connectivity index (χ1v) is 18.8. The van der Waals surface area contributed by atoms with Crippen LogP contribution < -0.4 is 0 Å². The standard InChI is InChI=1S/C50H30N2S/c1-3-10-33(11-4-1)43-30-44(34-12-5-2-6-13-34)52-50(51-43)42-29-28-39(48-41-16-7-8-17-45(41)53-49(42)48)32-20-18-31(19-21-32)38-26-24-37-23-22-35-14-9-15-36-25-27-40(38)47(37)46(35)36/h1-30H. The van der Waals surface area contributed by atoms with Crippen molar-refractivity contribution in [2.75, 3.05) is 0 Å². The van der Waals surface area contributed by atoms with Crippen LogP contribution in [0.15, 0.2) is 182 Å². The molecule has 0 spiro atoms. The highest BCUT2D eigenvalue weighted by atomic mass is 32.1. The van der Waals surface area contributed by atoms with E-state index >= 15 is 0 Å². The Balaban J connectivity index is 1.07. The maximum Gasteiger partial charge on any atom is 0.161 e. The molecule has 0 aliphatic carbocycles. The maximum atomic E-state index is 5.22. The van der Waals surface area contributed by atoms with E-state index in [0.29, 0.717) is 0 Å². The number of hydrogen-bond donors (Lipinski definition) is 0. The predicted molar refractivity (Wildman–Crippen MR) is 226 cm³/mol. The molecule has 2 heterocycles. The van der Waals surface area contributed by atoms with Crippen molar-refractivity contribution >= 4 is 63.8 Å². The van der Waals surface area contributed by atoms with E-state index in [2.05, 4.69) is 170 Å². The van der Waals surface area contributed by atoms with Crippen molar-refractivity contribution < 1.29 is 0 Å². The molecule has 11 rings (SSSR count). The topological polar surface area (TPSA) is 25.8 Å². The summed E-state index contributed by atoms with van der Waals surface area (Å²) in [4.78, 5) is 10.4. The Bertz CT molecular complexity index is 3070. The smallest absolute Gasteiger partial charge is 0.161 e. The van der Waals surface area contributed by atoms with Gasteiger partial charge in [0.05, 0.1) is 11.4 Å². The molecule has 2 aromatic heterocycles. The van der Waals surface area contributed by atoms with Crippen LogP contribution in [-0.2, 0) is 0 Å². The molecular formula is C50H30N2S. The number of benzene rings is 9. The van der Waals surface area contributed by atoms with Gasteiger partial charge in [0.25, 0.3) is 0 Å². The van der Waals surface area contributed by atoms with E-state index in [0.717, 1.165) is 33.9 Å². The van der Waals surface area contributed by atoms with Crippen LogP contribution in [0, 0.1) is 0 Å². The third-order valence-electron chi connectivity index (χ3n) is 10.7. The summed E-state index contributed by atoms with van der Waals surface area (Å²) in [6.45, 7) is 0. The predicted octanol–water partition coefficient (Wildman–Crippen LogP) is 14.1. The molecular weight excluding hydrogens is 661 g/mol. The van der Waals surface area contributed by atoms with Gasteiger partial charge in [0.1, 0.15) is 0 Å². The highest BCUT2D eigenvalue weighted by Crippen LogP contribution is 2.45. The second-order valence-electron chi connectivity index (χ2n) is 13.7. The third kappa shape index (κ3) is 4.86. The van der Waals surface area contributed by atoms with E-state index in [9.17, 15) is 0 Å². The van der Waals surface area contributed by atoms with Gasteiger partial charge in [-0.15, -0.1) is 11.3 Å². The fraction of sp³-hybridized carbons (Fsp3) is 0. The highest BCUT2D eigenvalue weighted by Gasteiger charge is 2.19. The molecule has 0 radical (unpaired) electrons. The first kappa shape index (κ1) is 30.0. The van der Waals surface area contributed by atoms with Crippen molar-refractivity contribution in [3.63, 3.8) is 0 Å². The largest absolute Gasteiger partial charge is 0.228 e. The van der Waals surface area contributed by atoms with Crippen molar-refractivity contribution in [1.29, 1.82) is 0 Å². The first-order valence-electron chi connectivity index (χ1n) is 18.0. The number of rotatable bonds is 5. The van der Waals surface area contributed by atoms with E-state index in [-0.39, 0.29) is 0 Å². The van der Waals surface area contributed by atoms with Crippen LogP contribution in [-0.4, -0.2) is 9.97 Å². The van der Waals surface area contributed by atoms with Crippen LogP contribution in [0.25, 0.3) is 109 Å². The summed E-state index contributed by atoms with van der Waals surface area (Å²) in [5.41, 5.74) is 9.89. The lowest BCUT2D eigenvalue weighted by Crippen LogP contribution is -1.96. The minimum atomic E-state index is 0.734. The second-order valence-corrected chi connectivity index (χ2v) is 14.8. The van der Waals surface area contributed by atoms with Crippen LogP contribution in [0.3, 0.4) is 0 Å². The molecule has 11 aromatic rings. The van der Waals surface area contributed by atoms with Gasteiger partial charge in [0, 0.05) is 36.9 Å². The molecule has 3 heteroatoms. The van der Waals surface area contributed by atoms with Gasteiger partial charge in [-0.1, -0.05) is 164 Å². The minimum Gasteiger partial charge on any atom is -0.228 e. The molecule has 0 N–H and O–H groups in total. The third-order valence-corrected chi connectivity index (χ3v) is 11.9. The Labute approximate surface area is 310 Å². The van der Waals surface area contributed by atoms with E-state index in [4.69, 9.17) is 9.97 Å². The zero-order valence-corrected chi connectivity index (χ0v) is 29.4. The Hall–Kier alpha value is -6.68. The lowest BCUT2D eigenvalue weighted by molar-refractivity contribution is 1.19. The van der Waals surface area contributed by atoms with E-state index in [1.54, 1.807) is 0 Å². The van der Waals surface area contributed by atoms with E-state index < -0.39 is 0 Å². The number of nitrogens with zero attached hydrogens (tertiary/aromatic N) is 2. The monoisotopic (exact) mass is 690 g/mol. The summed E-state index contributed by atoms with van der Waals surface area (Å²) in [5, 5.41) is 10.3. The molecule has 0 fully saturated rings. The van der Waals surface area contributed by atoms with Gasteiger partial charge in [0.2, 0.25) is 0 Å². The summed E-state index contributed by atoms with van der Waals surface area (Å²) in [7, 11) is 0. The Morgan fingerprint density at radius 3 is 1.58 bits per heavy atom. The van der Waals surface area contributed by atoms with Gasteiger partial charge < -0.3 is 0 Å².